The number of carbonyl (C=O) groups is 1. The lowest BCUT2D eigenvalue weighted by molar-refractivity contribution is -0.0189. The number of rotatable bonds is 9. The van der Waals surface area contributed by atoms with Crippen molar-refractivity contribution in [2.75, 3.05) is 27.1 Å². The molecule has 0 aliphatic heterocycles. The van der Waals surface area contributed by atoms with Crippen molar-refractivity contribution in [1.82, 2.24) is 5.48 Å². The quantitative estimate of drug-likeness (QED) is 0.222. The van der Waals surface area contributed by atoms with E-state index in [4.69, 9.17) is 31.3 Å². The van der Waals surface area contributed by atoms with E-state index in [2.05, 4.69) is 11.5 Å². The summed E-state index contributed by atoms with van der Waals surface area (Å²) in [6.07, 6.45) is 7.70. The van der Waals surface area contributed by atoms with Gasteiger partial charge in [0.1, 0.15) is 10.7 Å². The Kier molecular flexibility index (Phi) is 7.37. The summed E-state index contributed by atoms with van der Waals surface area (Å²) < 4.78 is 16.8. The molecule has 4 bridgehead atoms. The number of hydrogen-bond acceptors (Lipinski definition) is 6. The molecule has 0 radical (unpaired) electrons. The molecule has 4 aliphatic carbocycles. The van der Waals surface area contributed by atoms with Gasteiger partial charge < -0.3 is 19.0 Å². The summed E-state index contributed by atoms with van der Waals surface area (Å²) in [5.41, 5.74) is 5.30. The van der Waals surface area contributed by atoms with Crippen LogP contribution in [0.2, 0.25) is 0 Å². The lowest BCUT2D eigenvalue weighted by atomic mass is 9.48. The second-order valence-corrected chi connectivity index (χ2v) is 10.7. The zero-order valence-corrected chi connectivity index (χ0v) is 21.0. The van der Waals surface area contributed by atoms with Gasteiger partial charge in [-0.25, -0.2) is 10.3 Å². The van der Waals surface area contributed by atoms with Crippen molar-refractivity contribution in [2.45, 2.75) is 43.9 Å². The Bertz CT molecular complexity index is 1020. The van der Waals surface area contributed by atoms with Crippen LogP contribution in [0.1, 0.15) is 60.0 Å². The van der Waals surface area contributed by atoms with Gasteiger partial charge in [-0.3, -0.25) is 0 Å². The zero-order valence-electron chi connectivity index (χ0n) is 20.2. The van der Waals surface area contributed by atoms with Crippen LogP contribution in [-0.4, -0.2) is 38.1 Å². The molecular formula is C28H33NO5S. The van der Waals surface area contributed by atoms with E-state index in [0.717, 1.165) is 29.1 Å². The van der Waals surface area contributed by atoms with Crippen LogP contribution in [0.3, 0.4) is 0 Å². The highest BCUT2D eigenvalue weighted by atomic mass is 32.1. The van der Waals surface area contributed by atoms with E-state index in [0.29, 0.717) is 23.8 Å². The van der Waals surface area contributed by atoms with Crippen molar-refractivity contribution in [1.29, 1.82) is 0 Å². The maximum atomic E-state index is 12.3. The van der Waals surface area contributed by atoms with Crippen LogP contribution in [0.4, 0.5) is 0 Å². The van der Waals surface area contributed by atoms with Crippen molar-refractivity contribution in [3.63, 3.8) is 0 Å². The average molecular weight is 496 g/mol. The normalized spacial score (nSPS) is 26.4. The predicted molar refractivity (Wildman–Crippen MR) is 136 cm³/mol. The summed E-state index contributed by atoms with van der Waals surface area (Å²) in [5, 5.41) is 0. The second-order valence-electron chi connectivity index (χ2n) is 10.3. The Balaban J connectivity index is 1.35. The van der Waals surface area contributed by atoms with Gasteiger partial charge in [0.05, 0.1) is 18.8 Å². The summed E-state index contributed by atoms with van der Waals surface area (Å²) in [4.78, 5) is 18.0. The Morgan fingerprint density at radius 1 is 0.971 bits per heavy atom. The molecule has 0 heterocycles. The van der Waals surface area contributed by atoms with Gasteiger partial charge in [-0.2, -0.15) is 0 Å². The van der Waals surface area contributed by atoms with E-state index in [1.165, 1.54) is 44.1 Å². The number of hydrogen-bond donors (Lipinski definition) is 1. The average Bonchev–Trinajstić information content (AvgIpc) is 2.86. The SMILES string of the molecule is COCCOCOc1ccc(C(=S)NOC(=O)c2ccccc2)cc1C12CC3CC(CC(C3)C1)C2. The van der Waals surface area contributed by atoms with Crippen molar-refractivity contribution in [3.05, 3.63) is 65.2 Å². The lowest BCUT2D eigenvalue weighted by Crippen LogP contribution is -2.48. The van der Waals surface area contributed by atoms with Gasteiger partial charge in [-0.05, 0) is 92.0 Å². The number of hydroxylamine groups is 1. The van der Waals surface area contributed by atoms with Crippen molar-refractivity contribution >= 4 is 23.2 Å². The highest BCUT2D eigenvalue weighted by Gasteiger charge is 2.52. The van der Waals surface area contributed by atoms with Crippen LogP contribution in [0, 0.1) is 17.8 Å². The number of thiocarbonyl (C=S) groups is 1. The summed E-state index contributed by atoms with van der Waals surface area (Å²) in [6, 6.07) is 14.9. The Morgan fingerprint density at radius 2 is 1.66 bits per heavy atom. The summed E-state index contributed by atoms with van der Waals surface area (Å²) in [6.45, 7) is 1.20. The molecule has 0 saturated heterocycles. The monoisotopic (exact) mass is 495 g/mol. The molecule has 4 fully saturated rings. The van der Waals surface area contributed by atoms with Crippen LogP contribution in [0.25, 0.3) is 0 Å². The van der Waals surface area contributed by atoms with Crippen LogP contribution in [0.5, 0.6) is 5.75 Å². The third-order valence-corrected chi connectivity index (χ3v) is 8.15. The first-order chi connectivity index (χ1) is 17.1. The number of nitrogens with one attached hydrogen (secondary N) is 1. The minimum absolute atomic E-state index is 0.114. The number of carbonyl (C=O) groups excluding carboxylic acids is 1. The number of ether oxygens (including phenoxy) is 3. The molecule has 0 amide bonds. The third-order valence-electron chi connectivity index (χ3n) is 7.83. The molecule has 7 heteroatoms. The molecule has 0 aromatic heterocycles. The zero-order chi connectivity index (χ0) is 24.3. The minimum atomic E-state index is -0.470. The van der Waals surface area contributed by atoms with Crippen LogP contribution in [0.15, 0.2) is 48.5 Å². The van der Waals surface area contributed by atoms with Crippen LogP contribution < -0.4 is 10.2 Å². The fraction of sp³-hybridized carbons (Fsp3) is 0.500. The van der Waals surface area contributed by atoms with Gasteiger partial charge in [-0.1, -0.05) is 30.4 Å². The van der Waals surface area contributed by atoms with E-state index >= 15 is 0 Å². The molecule has 0 unspecified atom stereocenters. The number of methoxy groups -OCH3 is 1. The molecule has 6 rings (SSSR count). The van der Waals surface area contributed by atoms with E-state index < -0.39 is 5.97 Å². The molecule has 1 N–H and O–H groups in total. The van der Waals surface area contributed by atoms with E-state index in [1.54, 1.807) is 31.4 Å². The molecular weight excluding hydrogens is 462 g/mol. The predicted octanol–water partition coefficient (Wildman–Crippen LogP) is 5.19. The fourth-order valence-corrected chi connectivity index (χ4v) is 6.91. The van der Waals surface area contributed by atoms with E-state index in [1.807, 2.05) is 18.2 Å². The van der Waals surface area contributed by atoms with E-state index in [9.17, 15) is 4.79 Å². The summed E-state index contributed by atoms with van der Waals surface area (Å²) in [5.74, 6) is 2.78. The van der Waals surface area contributed by atoms with E-state index in [-0.39, 0.29) is 12.2 Å². The first kappa shape index (κ1) is 24.2. The van der Waals surface area contributed by atoms with Gasteiger partial charge in [0.15, 0.2) is 6.79 Å². The maximum Gasteiger partial charge on any atom is 0.362 e. The van der Waals surface area contributed by atoms with Crippen molar-refractivity contribution < 1.29 is 23.8 Å². The standard InChI is InChI=1S/C28H33NO5S/c1-31-9-10-32-18-33-25-8-7-23(26(35)29-34-27(30)22-5-3-2-4-6-22)14-24(25)28-15-19-11-20(16-28)13-21(12-19)17-28/h2-8,14,19-21H,9-13,15-18H2,1H3,(H,29,35). The molecule has 35 heavy (non-hydrogen) atoms. The van der Waals surface area contributed by atoms with Gasteiger partial charge in [0.2, 0.25) is 0 Å². The first-order valence-electron chi connectivity index (χ1n) is 12.5. The molecule has 4 saturated carbocycles. The fourth-order valence-electron chi connectivity index (χ4n) is 6.74. The van der Waals surface area contributed by atoms with Gasteiger partial charge in [-0.15, -0.1) is 0 Å². The first-order valence-corrected chi connectivity index (χ1v) is 12.9. The molecule has 0 spiro atoms. The molecule has 2 aromatic rings. The van der Waals surface area contributed by atoms with Crippen molar-refractivity contribution in [2.24, 2.45) is 17.8 Å². The topological polar surface area (TPSA) is 66.0 Å². The Hall–Kier alpha value is -2.48. The second kappa shape index (κ2) is 10.6. The lowest BCUT2D eigenvalue weighted by Gasteiger charge is -2.57. The highest BCUT2D eigenvalue weighted by molar-refractivity contribution is 7.80. The van der Waals surface area contributed by atoms with Crippen LogP contribution in [-0.2, 0) is 19.7 Å². The van der Waals surface area contributed by atoms with Crippen LogP contribution >= 0.6 is 12.2 Å². The van der Waals surface area contributed by atoms with Gasteiger partial charge in [0, 0.05) is 18.2 Å². The molecule has 6 nitrogen and oxygen atoms in total. The maximum absolute atomic E-state index is 12.3. The minimum Gasteiger partial charge on any atom is -0.467 e. The van der Waals surface area contributed by atoms with Crippen molar-refractivity contribution in [3.8, 4) is 5.75 Å². The Labute approximate surface area is 212 Å². The summed E-state index contributed by atoms with van der Waals surface area (Å²) >= 11 is 5.60. The number of benzene rings is 2. The van der Waals surface area contributed by atoms with Gasteiger partial charge in [0.25, 0.3) is 0 Å². The summed E-state index contributed by atoms with van der Waals surface area (Å²) in [7, 11) is 1.65. The molecule has 0 atom stereocenters. The smallest absolute Gasteiger partial charge is 0.362 e. The molecule has 2 aromatic carbocycles. The molecule has 186 valence electrons. The highest BCUT2D eigenvalue weighted by Crippen LogP contribution is 2.62. The largest absolute Gasteiger partial charge is 0.467 e. The molecule has 4 aliphatic rings. The third kappa shape index (κ3) is 5.37. The van der Waals surface area contributed by atoms with Gasteiger partial charge >= 0.3 is 5.97 Å². The Morgan fingerprint density at radius 3 is 2.31 bits per heavy atom.